The monoisotopic (exact) mass is 486 g/mol. The van der Waals surface area contributed by atoms with Gasteiger partial charge in [-0.2, -0.15) is 5.10 Å². The highest BCUT2D eigenvalue weighted by Gasteiger charge is 2.16. The number of aromatic nitrogens is 5. The zero-order chi connectivity index (χ0) is 24.6. The molecular formula is C31H30N6. The lowest BCUT2D eigenvalue weighted by atomic mass is 10.0. The van der Waals surface area contributed by atoms with Crippen LogP contribution in [-0.2, 0) is 6.54 Å². The van der Waals surface area contributed by atoms with Crippen molar-refractivity contribution in [2.75, 3.05) is 6.54 Å². The molecule has 7 rings (SSSR count). The zero-order valence-electron chi connectivity index (χ0n) is 20.8. The summed E-state index contributed by atoms with van der Waals surface area (Å²) in [6, 6.07) is 10.9. The quantitative estimate of drug-likeness (QED) is 0.236. The highest BCUT2D eigenvalue weighted by atomic mass is 15.1. The lowest BCUT2D eigenvalue weighted by Gasteiger charge is -2.11. The summed E-state index contributed by atoms with van der Waals surface area (Å²) in [5, 5.41) is 13.8. The first-order chi connectivity index (χ1) is 18.3. The summed E-state index contributed by atoms with van der Waals surface area (Å²) in [5.41, 5.74) is 9.78. The molecule has 184 valence electrons. The lowest BCUT2D eigenvalue weighted by molar-refractivity contribution is 0.489. The van der Waals surface area contributed by atoms with E-state index < -0.39 is 0 Å². The lowest BCUT2D eigenvalue weighted by Crippen LogP contribution is -2.20. The minimum Gasteiger partial charge on any atom is -0.352 e. The number of H-pyrrole nitrogens is 2. The molecule has 6 nitrogen and oxygen atoms in total. The molecule has 0 amide bonds. The Bertz CT molecular complexity index is 1650. The molecule has 5 aromatic rings. The molecule has 0 atom stereocenters. The fourth-order valence-corrected chi connectivity index (χ4v) is 5.84. The molecule has 1 saturated carbocycles. The molecule has 0 saturated heterocycles. The molecule has 0 unspecified atom stereocenters. The maximum Gasteiger partial charge on any atom is 0.116 e. The van der Waals surface area contributed by atoms with E-state index in [4.69, 9.17) is 0 Å². The van der Waals surface area contributed by atoms with Crippen molar-refractivity contribution in [2.45, 2.75) is 38.6 Å². The van der Waals surface area contributed by atoms with Crippen LogP contribution in [0.2, 0.25) is 0 Å². The molecule has 6 heteroatoms. The fraction of sp³-hybridized carbons (Fsp3) is 0.258. The van der Waals surface area contributed by atoms with E-state index >= 15 is 0 Å². The van der Waals surface area contributed by atoms with Gasteiger partial charge in [-0.25, -0.2) is 0 Å². The molecule has 2 aliphatic carbocycles. The first-order valence-electron chi connectivity index (χ1n) is 13.3. The molecule has 2 aliphatic rings. The van der Waals surface area contributed by atoms with Crippen LogP contribution in [0.4, 0.5) is 0 Å². The van der Waals surface area contributed by atoms with Crippen molar-refractivity contribution in [1.82, 2.24) is 30.5 Å². The van der Waals surface area contributed by atoms with Gasteiger partial charge in [0, 0.05) is 47.0 Å². The second-order valence-corrected chi connectivity index (χ2v) is 10.3. The van der Waals surface area contributed by atoms with Crippen LogP contribution in [0.15, 0.2) is 73.3 Å². The number of rotatable bonds is 7. The summed E-state index contributed by atoms with van der Waals surface area (Å²) >= 11 is 0. The van der Waals surface area contributed by atoms with Crippen molar-refractivity contribution >= 4 is 27.4 Å². The second-order valence-electron chi connectivity index (χ2n) is 10.3. The number of pyridine rings is 2. The Hall–Kier alpha value is -4.03. The Morgan fingerprint density at radius 3 is 2.70 bits per heavy atom. The normalized spacial score (nSPS) is 15.8. The van der Waals surface area contributed by atoms with E-state index in [1.165, 1.54) is 36.8 Å². The number of nitrogens with one attached hydrogen (secondary N) is 3. The maximum atomic E-state index is 4.69. The molecule has 4 heterocycles. The highest BCUT2D eigenvalue weighted by Crippen LogP contribution is 2.34. The predicted octanol–water partition coefficient (Wildman–Crippen LogP) is 6.79. The molecular weight excluding hydrogens is 456 g/mol. The first-order valence-corrected chi connectivity index (χ1v) is 13.3. The van der Waals surface area contributed by atoms with Crippen molar-refractivity contribution in [3.63, 3.8) is 0 Å². The number of aromatic amines is 2. The van der Waals surface area contributed by atoms with Crippen LogP contribution < -0.4 is 5.32 Å². The highest BCUT2D eigenvalue weighted by molar-refractivity contribution is 6.01. The molecule has 0 bridgehead atoms. The Morgan fingerprint density at radius 2 is 1.81 bits per heavy atom. The molecule has 1 aromatic carbocycles. The zero-order valence-corrected chi connectivity index (χ0v) is 20.8. The molecule has 4 aromatic heterocycles. The molecule has 0 radical (unpaired) electrons. The van der Waals surface area contributed by atoms with Gasteiger partial charge in [-0.05, 0) is 72.7 Å². The van der Waals surface area contributed by atoms with Gasteiger partial charge < -0.3 is 10.3 Å². The van der Waals surface area contributed by atoms with Gasteiger partial charge >= 0.3 is 0 Å². The maximum absolute atomic E-state index is 4.69. The van der Waals surface area contributed by atoms with Crippen molar-refractivity contribution in [2.24, 2.45) is 5.92 Å². The van der Waals surface area contributed by atoms with E-state index in [1.807, 2.05) is 24.8 Å². The number of fused-ring (bicyclic) bond motifs is 2. The Labute approximate surface area is 215 Å². The number of hydrogen-bond acceptors (Lipinski definition) is 4. The van der Waals surface area contributed by atoms with Crippen LogP contribution >= 0.6 is 0 Å². The van der Waals surface area contributed by atoms with Crippen LogP contribution in [0.3, 0.4) is 0 Å². The van der Waals surface area contributed by atoms with Crippen LogP contribution in [0.5, 0.6) is 0 Å². The third kappa shape index (κ3) is 4.27. The number of hydrogen-bond donors (Lipinski definition) is 3. The van der Waals surface area contributed by atoms with Gasteiger partial charge in [0.15, 0.2) is 0 Å². The van der Waals surface area contributed by atoms with Gasteiger partial charge in [0.25, 0.3) is 0 Å². The standard InChI is InChI=1S/C31H30N6/c1-2-6-20(5-1)14-32-15-21-11-24(17-33-16-21)23-9-10-28-26(12-23)31(37-36-28)29-13-25-27(22-7-3-4-8-22)18-34-19-30(25)35-29/h3,7-13,16-20,32,35H,1-2,4-6,14-15H2,(H,36,37). The molecule has 0 spiro atoms. The molecule has 3 N–H and O–H groups in total. The minimum absolute atomic E-state index is 0.834. The average Bonchev–Trinajstić information content (AvgIpc) is 3.74. The molecule has 37 heavy (non-hydrogen) atoms. The summed E-state index contributed by atoms with van der Waals surface area (Å²) in [7, 11) is 0. The van der Waals surface area contributed by atoms with Crippen LogP contribution in [0, 0.1) is 5.92 Å². The first kappa shape index (κ1) is 22.2. The van der Waals surface area contributed by atoms with E-state index in [0.29, 0.717) is 0 Å². The summed E-state index contributed by atoms with van der Waals surface area (Å²) < 4.78 is 0. The van der Waals surface area contributed by atoms with Crippen molar-refractivity contribution in [3.8, 4) is 22.5 Å². The van der Waals surface area contributed by atoms with E-state index in [-0.39, 0.29) is 0 Å². The van der Waals surface area contributed by atoms with Crippen molar-refractivity contribution < 1.29 is 0 Å². The fourth-order valence-electron chi connectivity index (χ4n) is 5.84. The van der Waals surface area contributed by atoms with Gasteiger partial charge in [-0.3, -0.25) is 15.1 Å². The third-order valence-corrected chi connectivity index (χ3v) is 7.81. The Morgan fingerprint density at radius 1 is 0.892 bits per heavy atom. The Kier molecular flexibility index (Phi) is 5.67. The predicted molar refractivity (Wildman–Crippen MR) is 150 cm³/mol. The van der Waals surface area contributed by atoms with Crippen LogP contribution in [0.25, 0.3) is 49.9 Å². The van der Waals surface area contributed by atoms with Gasteiger partial charge in [-0.1, -0.05) is 37.1 Å². The van der Waals surface area contributed by atoms with E-state index in [0.717, 1.165) is 75.3 Å². The van der Waals surface area contributed by atoms with Crippen LogP contribution in [-0.4, -0.2) is 31.7 Å². The number of benzene rings is 1. The summed E-state index contributed by atoms with van der Waals surface area (Å²) in [6.07, 6.45) is 20.8. The largest absolute Gasteiger partial charge is 0.352 e. The third-order valence-electron chi connectivity index (χ3n) is 7.81. The smallest absolute Gasteiger partial charge is 0.116 e. The number of allylic oxidation sites excluding steroid dienone is 4. The van der Waals surface area contributed by atoms with Crippen molar-refractivity contribution in [1.29, 1.82) is 0 Å². The number of nitrogens with zero attached hydrogens (tertiary/aromatic N) is 3. The van der Waals surface area contributed by atoms with E-state index in [1.54, 1.807) is 0 Å². The van der Waals surface area contributed by atoms with Crippen molar-refractivity contribution in [3.05, 3.63) is 84.5 Å². The van der Waals surface area contributed by atoms with Gasteiger partial charge in [-0.15, -0.1) is 0 Å². The molecule has 1 fully saturated rings. The molecule has 0 aliphatic heterocycles. The summed E-state index contributed by atoms with van der Waals surface area (Å²) in [5.74, 6) is 0.834. The van der Waals surface area contributed by atoms with Crippen LogP contribution in [0.1, 0.15) is 43.2 Å². The summed E-state index contributed by atoms with van der Waals surface area (Å²) in [4.78, 5) is 12.6. The second kappa shape index (κ2) is 9.45. The Balaban J connectivity index is 1.19. The topological polar surface area (TPSA) is 82.3 Å². The van der Waals surface area contributed by atoms with Gasteiger partial charge in [0.1, 0.15) is 5.69 Å². The van der Waals surface area contributed by atoms with E-state index in [9.17, 15) is 0 Å². The summed E-state index contributed by atoms with van der Waals surface area (Å²) in [6.45, 7) is 1.96. The van der Waals surface area contributed by atoms with E-state index in [2.05, 4.69) is 79.0 Å². The van der Waals surface area contributed by atoms with Gasteiger partial charge in [0.05, 0.1) is 22.9 Å². The average molecular weight is 487 g/mol. The SMILES string of the molecule is C1=CC(c2cncc3[nH]c(-c4n[nH]c5ccc(-c6cncc(CNCC7CCCC7)c6)cc45)cc23)=CC1. The van der Waals surface area contributed by atoms with Gasteiger partial charge in [0.2, 0.25) is 0 Å². The minimum atomic E-state index is 0.834.